The van der Waals surface area contributed by atoms with Crippen LogP contribution in [0.25, 0.3) is 11.1 Å². The quantitative estimate of drug-likeness (QED) is 0.389. The van der Waals surface area contributed by atoms with Crippen LogP contribution in [0.4, 0.5) is 5.95 Å². The molecule has 1 aromatic carbocycles. The van der Waals surface area contributed by atoms with Gasteiger partial charge in [0.05, 0.1) is 11.0 Å². The molecule has 7 nitrogen and oxygen atoms in total. The van der Waals surface area contributed by atoms with E-state index in [1.807, 2.05) is 24.3 Å². The van der Waals surface area contributed by atoms with Crippen molar-refractivity contribution in [1.29, 1.82) is 0 Å². The number of hydrogen-bond donors (Lipinski definition) is 2. The van der Waals surface area contributed by atoms with E-state index >= 15 is 0 Å². The maximum atomic E-state index is 12.5. The molecule has 1 saturated carbocycles. The predicted molar refractivity (Wildman–Crippen MR) is 113 cm³/mol. The highest BCUT2D eigenvalue weighted by molar-refractivity contribution is 6.32. The number of rotatable bonds is 4. The molecule has 1 fully saturated rings. The van der Waals surface area contributed by atoms with E-state index < -0.39 is 11.3 Å². The van der Waals surface area contributed by atoms with Crippen LogP contribution in [0.15, 0.2) is 60.0 Å². The fourth-order valence-electron chi connectivity index (χ4n) is 3.51. The first-order valence-corrected chi connectivity index (χ1v) is 9.55. The Bertz CT molecular complexity index is 1080. The van der Waals surface area contributed by atoms with Crippen molar-refractivity contribution in [3.8, 4) is 11.1 Å². The van der Waals surface area contributed by atoms with E-state index in [1.165, 1.54) is 6.20 Å². The van der Waals surface area contributed by atoms with Crippen LogP contribution in [-0.4, -0.2) is 26.7 Å². The van der Waals surface area contributed by atoms with Gasteiger partial charge in [0.2, 0.25) is 5.95 Å². The molecule has 0 atom stereocenters. The number of nitrogens with zero attached hydrogens (tertiary/aromatic N) is 4. The molecule has 0 saturated heterocycles. The second kappa shape index (κ2) is 7.60. The summed E-state index contributed by atoms with van der Waals surface area (Å²) in [6, 6.07) is 11.2. The van der Waals surface area contributed by atoms with Gasteiger partial charge in [-0.05, 0) is 36.1 Å². The molecule has 0 radical (unpaired) electrons. The molecule has 3 aromatic rings. The number of aromatic nitrogens is 3. The minimum atomic E-state index is -0.484. The summed E-state index contributed by atoms with van der Waals surface area (Å²) in [5.41, 5.74) is 14.5. The first-order valence-electron chi connectivity index (χ1n) is 9.17. The highest BCUT2D eigenvalue weighted by Gasteiger charge is 2.42. The molecule has 2 heterocycles. The predicted octanol–water partition coefficient (Wildman–Crippen LogP) is 3.39. The van der Waals surface area contributed by atoms with Gasteiger partial charge in [-0.25, -0.2) is 15.0 Å². The number of hydrogen-bond acceptors (Lipinski definition) is 5. The Balaban J connectivity index is 1.62. The molecule has 0 unspecified atom stereocenters. The standard InChI is InChI=1S/C21H19ClN6O/c22-17-16(3-1-10-25-17)18(29)28-19(23)21(8-2-9-21)15-6-4-13(5-7-15)14-11-26-20(24)27-12-14/h1,3-7,10-12H,2,8-9H2,(H2,23,28,29)(H2,24,26,27). The van der Waals surface area contributed by atoms with Crippen LogP contribution in [0.2, 0.25) is 5.15 Å². The number of benzene rings is 1. The number of anilines is 1. The summed E-state index contributed by atoms with van der Waals surface area (Å²) in [5.74, 6) is 0.0564. The number of carbonyl (C=O) groups excluding carboxylic acids is 1. The zero-order chi connectivity index (χ0) is 20.4. The largest absolute Gasteiger partial charge is 0.386 e. The zero-order valence-electron chi connectivity index (χ0n) is 15.5. The van der Waals surface area contributed by atoms with Crippen molar-refractivity contribution in [2.45, 2.75) is 24.7 Å². The lowest BCUT2D eigenvalue weighted by Crippen LogP contribution is -2.47. The highest BCUT2D eigenvalue weighted by atomic mass is 35.5. The lowest BCUT2D eigenvalue weighted by atomic mass is 9.63. The maximum Gasteiger partial charge on any atom is 0.281 e. The monoisotopic (exact) mass is 406 g/mol. The molecule has 0 aliphatic heterocycles. The molecule has 0 spiro atoms. The van der Waals surface area contributed by atoms with Crippen molar-refractivity contribution in [1.82, 2.24) is 15.0 Å². The van der Waals surface area contributed by atoms with E-state index in [9.17, 15) is 4.79 Å². The first kappa shape index (κ1) is 19.0. The van der Waals surface area contributed by atoms with E-state index in [0.29, 0.717) is 5.84 Å². The number of nitrogens with two attached hydrogens (primary N) is 2. The number of carbonyl (C=O) groups is 1. The van der Waals surface area contributed by atoms with Crippen molar-refractivity contribution in [2.75, 3.05) is 5.73 Å². The Labute approximate surface area is 172 Å². The number of aliphatic imine (C=N–C) groups is 1. The second-order valence-electron chi connectivity index (χ2n) is 6.99. The summed E-state index contributed by atoms with van der Waals surface area (Å²) < 4.78 is 0. The molecule has 146 valence electrons. The molecular weight excluding hydrogens is 388 g/mol. The van der Waals surface area contributed by atoms with Crippen LogP contribution in [0.5, 0.6) is 0 Å². The third kappa shape index (κ3) is 3.56. The van der Waals surface area contributed by atoms with Crippen LogP contribution >= 0.6 is 11.6 Å². The Hall–Kier alpha value is -3.32. The van der Waals surface area contributed by atoms with Gasteiger partial charge in [-0.1, -0.05) is 42.3 Å². The summed E-state index contributed by atoms with van der Waals surface area (Å²) in [6.45, 7) is 0. The van der Waals surface area contributed by atoms with E-state index in [0.717, 1.165) is 36.0 Å². The molecule has 8 heteroatoms. The van der Waals surface area contributed by atoms with Gasteiger partial charge in [0.1, 0.15) is 11.0 Å². The summed E-state index contributed by atoms with van der Waals surface area (Å²) in [5, 5.41) is 0.117. The van der Waals surface area contributed by atoms with Crippen molar-refractivity contribution >= 4 is 29.3 Å². The Morgan fingerprint density at radius 1 is 1.03 bits per heavy atom. The molecular formula is C21H19ClN6O. The van der Waals surface area contributed by atoms with Gasteiger partial charge in [-0.3, -0.25) is 4.79 Å². The average molecular weight is 407 g/mol. The first-order chi connectivity index (χ1) is 14.0. The van der Waals surface area contributed by atoms with Crippen LogP contribution in [0.3, 0.4) is 0 Å². The number of pyridine rings is 1. The van der Waals surface area contributed by atoms with E-state index in [-0.39, 0.29) is 16.7 Å². The number of nitrogen functional groups attached to an aromatic ring is 1. The SMILES string of the molecule is NC(=NC(=O)c1cccnc1Cl)C1(c2ccc(-c3cnc(N)nc3)cc2)CCC1. The van der Waals surface area contributed by atoms with Gasteiger partial charge in [0.25, 0.3) is 5.91 Å². The smallest absolute Gasteiger partial charge is 0.281 e. The lowest BCUT2D eigenvalue weighted by molar-refractivity contribution is 0.100. The molecule has 29 heavy (non-hydrogen) atoms. The molecule has 4 N–H and O–H groups in total. The number of amidine groups is 1. The molecule has 1 aliphatic rings. The van der Waals surface area contributed by atoms with Crippen molar-refractivity contribution in [3.63, 3.8) is 0 Å². The Kier molecular flexibility index (Phi) is 4.98. The lowest BCUT2D eigenvalue weighted by Gasteiger charge is -2.41. The highest BCUT2D eigenvalue weighted by Crippen LogP contribution is 2.44. The van der Waals surface area contributed by atoms with Gasteiger partial charge in [0, 0.05) is 24.2 Å². The average Bonchev–Trinajstić information content (AvgIpc) is 2.68. The summed E-state index contributed by atoms with van der Waals surface area (Å²) in [6.07, 6.45) is 7.57. The zero-order valence-corrected chi connectivity index (χ0v) is 16.3. The van der Waals surface area contributed by atoms with E-state index in [2.05, 4.69) is 19.9 Å². The summed E-state index contributed by atoms with van der Waals surface area (Å²) in [7, 11) is 0. The molecule has 0 bridgehead atoms. The van der Waals surface area contributed by atoms with Gasteiger partial charge in [-0.2, -0.15) is 4.99 Å². The van der Waals surface area contributed by atoms with Gasteiger partial charge >= 0.3 is 0 Å². The van der Waals surface area contributed by atoms with Crippen LogP contribution in [0, 0.1) is 0 Å². The van der Waals surface area contributed by atoms with Crippen LogP contribution < -0.4 is 11.5 Å². The van der Waals surface area contributed by atoms with E-state index in [4.69, 9.17) is 23.1 Å². The van der Waals surface area contributed by atoms with Crippen molar-refractivity contribution in [3.05, 3.63) is 71.3 Å². The minimum Gasteiger partial charge on any atom is -0.386 e. The summed E-state index contributed by atoms with van der Waals surface area (Å²) >= 11 is 6.01. The van der Waals surface area contributed by atoms with Crippen LogP contribution in [0.1, 0.15) is 35.2 Å². The fourth-order valence-corrected chi connectivity index (χ4v) is 3.71. The summed E-state index contributed by atoms with van der Waals surface area (Å²) in [4.78, 5) is 28.7. The maximum absolute atomic E-state index is 12.5. The number of amides is 1. The second-order valence-corrected chi connectivity index (χ2v) is 7.34. The Morgan fingerprint density at radius 2 is 1.72 bits per heavy atom. The molecule has 1 aliphatic carbocycles. The van der Waals surface area contributed by atoms with Gasteiger partial charge < -0.3 is 11.5 Å². The van der Waals surface area contributed by atoms with Gasteiger partial charge in [0.15, 0.2) is 0 Å². The van der Waals surface area contributed by atoms with E-state index in [1.54, 1.807) is 24.5 Å². The minimum absolute atomic E-state index is 0.117. The molecule has 1 amide bonds. The topological polar surface area (TPSA) is 120 Å². The van der Waals surface area contributed by atoms with Gasteiger partial charge in [-0.15, -0.1) is 0 Å². The normalized spacial score (nSPS) is 15.6. The molecule has 4 rings (SSSR count). The van der Waals surface area contributed by atoms with Crippen molar-refractivity contribution in [2.24, 2.45) is 10.7 Å². The third-order valence-corrected chi connectivity index (χ3v) is 5.65. The number of halogens is 1. The Morgan fingerprint density at radius 3 is 2.31 bits per heavy atom. The molecule has 2 aromatic heterocycles. The van der Waals surface area contributed by atoms with Crippen molar-refractivity contribution < 1.29 is 4.79 Å². The third-order valence-electron chi connectivity index (χ3n) is 5.35. The van der Waals surface area contributed by atoms with Crippen LogP contribution in [-0.2, 0) is 5.41 Å². The fraction of sp³-hybridized carbons (Fsp3) is 0.190.